The predicted octanol–water partition coefficient (Wildman–Crippen LogP) is 0.907. The maximum absolute atomic E-state index is 13.8. The van der Waals surface area contributed by atoms with Crippen LogP contribution in [0.3, 0.4) is 0 Å². The summed E-state index contributed by atoms with van der Waals surface area (Å²) < 4.78 is 13.8. The minimum Gasteiger partial charge on any atom is -0.481 e. The second-order valence-corrected chi connectivity index (χ2v) is 7.12. The van der Waals surface area contributed by atoms with Gasteiger partial charge in [0.15, 0.2) is 0 Å². The van der Waals surface area contributed by atoms with Crippen LogP contribution in [-0.4, -0.2) is 84.0 Å². The van der Waals surface area contributed by atoms with Crippen LogP contribution in [0.25, 0.3) is 0 Å². The third-order valence-corrected chi connectivity index (χ3v) is 5.17. The van der Waals surface area contributed by atoms with Gasteiger partial charge in [0.05, 0.1) is 5.92 Å². The second-order valence-electron chi connectivity index (χ2n) is 7.12. The zero-order chi connectivity index (χ0) is 18.1. The van der Waals surface area contributed by atoms with Crippen LogP contribution in [0.1, 0.15) is 15.9 Å². The molecule has 1 aromatic carbocycles. The molecule has 25 heavy (non-hydrogen) atoms. The molecule has 2 atom stereocenters. The van der Waals surface area contributed by atoms with Crippen molar-refractivity contribution in [3.8, 4) is 0 Å². The van der Waals surface area contributed by atoms with Crippen molar-refractivity contribution in [1.82, 2.24) is 14.7 Å². The number of halogens is 1. The summed E-state index contributed by atoms with van der Waals surface area (Å²) in [5.74, 6) is -1.73. The first-order valence-corrected chi connectivity index (χ1v) is 8.56. The smallest absolute Gasteiger partial charge is 0.309 e. The first-order chi connectivity index (χ1) is 11.8. The van der Waals surface area contributed by atoms with Crippen molar-refractivity contribution >= 4 is 11.9 Å². The highest BCUT2D eigenvalue weighted by atomic mass is 19.1. The summed E-state index contributed by atoms with van der Waals surface area (Å²) in [4.78, 5) is 30.0. The van der Waals surface area contributed by atoms with Crippen LogP contribution in [0.4, 0.5) is 4.39 Å². The molecule has 0 radical (unpaired) electrons. The Hall–Kier alpha value is -1.99. The first-order valence-electron chi connectivity index (χ1n) is 8.56. The number of carbonyl (C=O) groups excluding carboxylic acids is 1. The number of benzene rings is 1. The van der Waals surface area contributed by atoms with Crippen molar-refractivity contribution in [3.63, 3.8) is 0 Å². The van der Waals surface area contributed by atoms with Crippen molar-refractivity contribution in [2.45, 2.75) is 13.0 Å². The van der Waals surface area contributed by atoms with Crippen molar-refractivity contribution in [1.29, 1.82) is 0 Å². The lowest BCUT2D eigenvalue weighted by molar-refractivity contribution is -0.142. The van der Waals surface area contributed by atoms with Crippen LogP contribution in [0, 0.1) is 18.7 Å². The zero-order valence-corrected chi connectivity index (χ0v) is 14.6. The van der Waals surface area contributed by atoms with E-state index in [4.69, 9.17) is 0 Å². The Kier molecular flexibility index (Phi) is 5.06. The quantitative estimate of drug-likeness (QED) is 0.860. The van der Waals surface area contributed by atoms with E-state index in [9.17, 15) is 19.1 Å². The Morgan fingerprint density at radius 3 is 2.60 bits per heavy atom. The van der Waals surface area contributed by atoms with E-state index in [0.29, 0.717) is 43.9 Å². The Bertz CT molecular complexity index is 682. The molecule has 6 nitrogen and oxygen atoms in total. The van der Waals surface area contributed by atoms with Gasteiger partial charge in [0.1, 0.15) is 5.82 Å². The first kappa shape index (κ1) is 17.8. The topological polar surface area (TPSA) is 64.1 Å². The second kappa shape index (κ2) is 7.09. The number of carbonyl (C=O) groups is 2. The van der Waals surface area contributed by atoms with Crippen LogP contribution >= 0.6 is 0 Å². The Morgan fingerprint density at radius 2 is 1.92 bits per heavy atom. The maximum atomic E-state index is 13.8. The average molecular weight is 349 g/mol. The van der Waals surface area contributed by atoms with Gasteiger partial charge in [-0.15, -0.1) is 0 Å². The standard InChI is InChI=1S/C18H24FN3O3/c1-12-3-4-13(7-16(12)19)17(23)22-6-5-21-9-14(18(24)25)8-20(2)10-15(21)11-22/h3-4,7,14-15H,5-6,8-11H2,1-2H3,(H,24,25)/t14-,15+/m0/s1. The number of hydrogen-bond donors (Lipinski definition) is 1. The summed E-state index contributed by atoms with van der Waals surface area (Å²) in [6, 6.07) is 4.68. The zero-order valence-electron chi connectivity index (χ0n) is 14.6. The van der Waals surface area contributed by atoms with Crippen LogP contribution in [0.15, 0.2) is 18.2 Å². The molecule has 2 fully saturated rings. The molecule has 0 saturated carbocycles. The molecular weight excluding hydrogens is 325 g/mol. The van der Waals surface area contributed by atoms with Gasteiger partial charge < -0.3 is 14.9 Å². The lowest BCUT2D eigenvalue weighted by Gasteiger charge is -2.41. The van der Waals surface area contributed by atoms with Crippen molar-refractivity contribution in [2.24, 2.45) is 5.92 Å². The molecule has 1 amide bonds. The number of nitrogens with zero attached hydrogens (tertiary/aromatic N) is 3. The van der Waals surface area contributed by atoms with Gasteiger partial charge >= 0.3 is 5.97 Å². The van der Waals surface area contributed by atoms with E-state index >= 15 is 0 Å². The molecule has 2 saturated heterocycles. The van der Waals surface area contributed by atoms with Crippen LogP contribution < -0.4 is 0 Å². The summed E-state index contributed by atoms with van der Waals surface area (Å²) in [7, 11) is 1.91. The van der Waals surface area contributed by atoms with E-state index in [-0.39, 0.29) is 17.8 Å². The van der Waals surface area contributed by atoms with Crippen LogP contribution in [0.5, 0.6) is 0 Å². The van der Waals surface area contributed by atoms with E-state index in [2.05, 4.69) is 4.90 Å². The van der Waals surface area contributed by atoms with E-state index in [0.717, 1.165) is 6.54 Å². The number of aliphatic carboxylic acids is 1. The summed E-state index contributed by atoms with van der Waals surface area (Å²) >= 11 is 0. The molecule has 136 valence electrons. The molecule has 0 aromatic heterocycles. The largest absolute Gasteiger partial charge is 0.481 e. The summed E-state index contributed by atoms with van der Waals surface area (Å²) in [6.45, 7) is 5.11. The van der Waals surface area contributed by atoms with Gasteiger partial charge in [0.2, 0.25) is 0 Å². The number of aryl methyl sites for hydroxylation is 1. The Labute approximate surface area is 146 Å². The van der Waals surface area contributed by atoms with Crippen molar-refractivity contribution in [2.75, 3.05) is 46.3 Å². The molecule has 3 rings (SSSR count). The number of rotatable bonds is 2. The monoisotopic (exact) mass is 349 g/mol. The number of hydrogen-bond acceptors (Lipinski definition) is 4. The highest BCUT2D eigenvalue weighted by Crippen LogP contribution is 2.20. The summed E-state index contributed by atoms with van der Waals surface area (Å²) in [5.41, 5.74) is 0.883. The third kappa shape index (κ3) is 3.82. The Morgan fingerprint density at radius 1 is 1.16 bits per heavy atom. The van der Waals surface area contributed by atoms with Gasteiger partial charge in [0, 0.05) is 50.9 Å². The number of amides is 1. The van der Waals surface area contributed by atoms with Gasteiger partial charge in [-0.25, -0.2) is 4.39 Å². The lowest BCUT2D eigenvalue weighted by Crippen LogP contribution is -2.57. The highest BCUT2D eigenvalue weighted by Gasteiger charge is 2.36. The Balaban J connectivity index is 1.72. The molecule has 1 aromatic rings. The normalized spacial score (nSPS) is 25.3. The number of piperazine rings is 1. The average Bonchev–Trinajstić information content (AvgIpc) is 2.74. The van der Waals surface area contributed by atoms with Crippen LogP contribution in [-0.2, 0) is 4.79 Å². The lowest BCUT2D eigenvalue weighted by atomic mass is 10.1. The van der Waals surface area contributed by atoms with E-state index in [1.807, 2.05) is 11.9 Å². The molecule has 0 spiro atoms. The van der Waals surface area contributed by atoms with Gasteiger partial charge in [-0.3, -0.25) is 14.5 Å². The van der Waals surface area contributed by atoms with Gasteiger partial charge in [0.25, 0.3) is 5.91 Å². The maximum Gasteiger partial charge on any atom is 0.309 e. The molecule has 0 bridgehead atoms. The molecule has 0 aliphatic carbocycles. The van der Waals surface area contributed by atoms with E-state index in [1.165, 1.54) is 6.07 Å². The number of carboxylic acid groups (broad SMARTS) is 1. The molecule has 1 N–H and O–H groups in total. The number of fused-ring (bicyclic) bond motifs is 1. The summed E-state index contributed by atoms with van der Waals surface area (Å²) in [5, 5.41) is 9.36. The van der Waals surface area contributed by atoms with E-state index < -0.39 is 11.9 Å². The van der Waals surface area contributed by atoms with Crippen molar-refractivity contribution < 1.29 is 19.1 Å². The fourth-order valence-corrected chi connectivity index (χ4v) is 3.71. The third-order valence-electron chi connectivity index (χ3n) is 5.17. The molecular formula is C18H24FN3O3. The minimum absolute atomic E-state index is 0.0994. The number of carboxylic acids is 1. The van der Waals surface area contributed by atoms with Gasteiger partial charge in [-0.1, -0.05) is 6.07 Å². The van der Waals surface area contributed by atoms with Crippen molar-refractivity contribution in [3.05, 3.63) is 35.1 Å². The highest BCUT2D eigenvalue weighted by molar-refractivity contribution is 5.94. The predicted molar refractivity (Wildman–Crippen MR) is 91.0 cm³/mol. The van der Waals surface area contributed by atoms with Gasteiger partial charge in [-0.05, 0) is 31.7 Å². The molecule has 2 aliphatic heterocycles. The van der Waals surface area contributed by atoms with Crippen LogP contribution in [0.2, 0.25) is 0 Å². The fourth-order valence-electron chi connectivity index (χ4n) is 3.71. The fraction of sp³-hybridized carbons (Fsp3) is 0.556. The van der Waals surface area contributed by atoms with E-state index in [1.54, 1.807) is 24.0 Å². The molecule has 0 unspecified atom stereocenters. The SMILES string of the molecule is Cc1ccc(C(=O)N2CCN3C[C@@H](C(=O)O)CN(C)C[C@@H]3C2)cc1F. The van der Waals surface area contributed by atoms with Gasteiger partial charge in [-0.2, -0.15) is 0 Å². The molecule has 2 aliphatic rings. The summed E-state index contributed by atoms with van der Waals surface area (Å²) in [6.07, 6.45) is 0. The minimum atomic E-state index is -0.777. The molecule has 2 heterocycles. The molecule has 7 heteroatoms. The number of likely N-dealkylation sites (N-methyl/N-ethyl adjacent to an activating group) is 1.